The van der Waals surface area contributed by atoms with Crippen LogP contribution in [0.25, 0.3) is 0 Å². The molecule has 1 saturated carbocycles. The fourth-order valence-electron chi connectivity index (χ4n) is 5.73. The van der Waals surface area contributed by atoms with E-state index in [1.807, 2.05) is 9.80 Å². The maximum atomic E-state index is 12.8. The molecule has 1 aliphatic carbocycles. The van der Waals surface area contributed by atoms with Gasteiger partial charge in [-0.25, -0.2) is 0 Å². The Morgan fingerprint density at radius 2 is 1.89 bits per heavy atom. The number of hydrogen-bond acceptors (Lipinski definition) is 4. The van der Waals surface area contributed by atoms with Crippen LogP contribution in [-0.4, -0.2) is 60.7 Å². The molecule has 1 N–H and O–H groups in total. The number of carbonyl (C=O) groups is 3. The number of piperidine rings is 1. The molecular formula is C20H27N3O4. The summed E-state index contributed by atoms with van der Waals surface area (Å²) < 4.78 is 5.25. The van der Waals surface area contributed by atoms with Crippen molar-refractivity contribution in [3.8, 4) is 0 Å². The second-order valence-corrected chi connectivity index (χ2v) is 8.32. The van der Waals surface area contributed by atoms with Crippen LogP contribution in [0.1, 0.15) is 43.2 Å². The van der Waals surface area contributed by atoms with Gasteiger partial charge in [0.2, 0.25) is 11.8 Å². The number of rotatable bonds is 2. The van der Waals surface area contributed by atoms with E-state index in [4.69, 9.17) is 4.42 Å². The second kappa shape index (κ2) is 6.39. The zero-order valence-electron chi connectivity index (χ0n) is 16.0. The van der Waals surface area contributed by atoms with Gasteiger partial charge in [-0.15, -0.1) is 0 Å². The van der Waals surface area contributed by atoms with Gasteiger partial charge in [0, 0.05) is 40.2 Å². The summed E-state index contributed by atoms with van der Waals surface area (Å²) in [4.78, 5) is 41.1. The molecule has 1 aromatic rings. The first kappa shape index (κ1) is 18.1. The van der Waals surface area contributed by atoms with Crippen LogP contribution in [0.4, 0.5) is 0 Å². The van der Waals surface area contributed by atoms with Crippen LogP contribution in [0.5, 0.6) is 0 Å². The van der Waals surface area contributed by atoms with Crippen LogP contribution in [0.2, 0.25) is 0 Å². The monoisotopic (exact) mass is 373 g/mol. The summed E-state index contributed by atoms with van der Waals surface area (Å²) in [6, 6.07) is 3.42. The number of hydrogen-bond donors (Lipinski definition) is 1. The van der Waals surface area contributed by atoms with E-state index in [9.17, 15) is 14.4 Å². The molecule has 3 fully saturated rings. The van der Waals surface area contributed by atoms with Gasteiger partial charge in [-0.2, -0.15) is 0 Å². The van der Waals surface area contributed by atoms with Crippen LogP contribution in [0.15, 0.2) is 22.8 Å². The van der Waals surface area contributed by atoms with E-state index < -0.39 is 5.41 Å². The lowest BCUT2D eigenvalue weighted by Gasteiger charge is -2.44. The topological polar surface area (TPSA) is 82.9 Å². The normalized spacial score (nSPS) is 29.0. The molecule has 0 bridgehead atoms. The highest BCUT2D eigenvalue weighted by Gasteiger charge is 2.64. The summed E-state index contributed by atoms with van der Waals surface area (Å²) in [7, 11) is 1.68. The molecule has 0 unspecified atom stereocenters. The Morgan fingerprint density at radius 3 is 2.48 bits per heavy atom. The number of fused-ring (bicyclic) bond motifs is 2. The highest BCUT2D eigenvalue weighted by Crippen LogP contribution is 2.62. The van der Waals surface area contributed by atoms with E-state index in [1.165, 1.54) is 6.26 Å². The lowest BCUT2D eigenvalue weighted by atomic mass is 9.65. The fraction of sp³-hybridized carbons (Fsp3) is 0.650. The Bertz CT molecular complexity index is 751. The Hall–Kier alpha value is -2.31. The van der Waals surface area contributed by atoms with Crippen molar-refractivity contribution in [2.75, 3.05) is 33.2 Å². The quantitative estimate of drug-likeness (QED) is 0.852. The molecule has 3 aliphatic rings. The lowest BCUT2D eigenvalue weighted by Crippen LogP contribution is -2.49. The molecule has 0 radical (unpaired) electrons. The smallest absolute Gasteiger partial charge is 0.289 e. The number of nitrogens with zero attached hydrogens (tertiary/aromatic N) is 2. The molecule has 7 heteroatoms. The average Bonchev–Trinajstić information content (AvgIpc) is 3.38. The SMILES string of the molecule is CNC(=O)[C@]12CCC3(CCN(C(=O)c4ccco4)CC3)[C@H]1CN(C(C)=O)C2. The van der Waals surface area contributed by atoms with Crippen LogP contribution < -0.4 is 5.32 Å². The third-order valence-electron chi connectivity index (χ3n) is 7.25. The average molecular weight is 373 g/mol. The van der Waals surface area contributed by atoms with Crippen molar-refractivity contribution in [1.29, 1.82) is 0 Å². The van der Waals surface area contributed by atoms with Gasteiger partial charge in [0.1, 0.15) is 0 Å². The van der Waals surface area contributed by atoms with Gasteiger partial charge >= 0.3 is 0 Å². The lowest BCUT2D eigenvalue weighted by molar-refractivity contribution is -0.133. The number of amides is 3. The summed E-state index contributed by atoms with van der Waals surface area (Å²) in [5.74, 6) is 0.563. The van der Waals surface area contributed by atoms with E-state index >= 15 is 0 Å². The molecule has 2 saturated heterocycles. The van der Waals surface area contributed by atoms with Crippen LogP contribution in [0.3, 0.4) is 0 Å². The predicted octanol–water partition coefficient (Wildman–Crippen LogP) is 1.51. The Morgan fingerprint density at radius 1 is 1.15 bits per heavy atom. The van der Waals surface area contributed by atoms with Gasteiger partial charge < -0.3 is 19.5 Å². The second-order valence-electron chi connectivity index (χ2n) is 8.32. The van der Waals surface area contributed by atoms with Crippen molar-refractivity contribution in [3.63, 3.8) is 0 Å². The minimum atomic E-state index is -0.479. The van der Waals surface area contributed by atoms with E-state index in [-0.39, 0.29) is 29.1 Å². The minimum Gasteiger partial charge on any atom is -0.459 e. The Balaban J connectivity index is 1.54. The third-order valence-corrected chi connectivity index (χ3v) is 7.25. The Labute approximate surface area is 159 Å². The summed E-state index contributed by atoms with van der Waals surface area (Å²) in [6.45, 7) is 4.08. The maximum Gasteiger partial charge on any atom is 0.289 e. The van der Waals surface area contributed by atoms with Crippen LogP contribution >= 0.6 is 0 Å². The van der Waals surface area contributed by atoms with Crippen molar-refractivity contribution >= 4 is 17.7 Å². The number of carbonyl (C=O) groups excluding carboxylic acids is 3. The van der Waals surface area contributed by atoms with Gasteiger partial charge in [0.05, 0.1) is 11.7 Å². The molecule has 0 aromatic carbocycles. The zero-order chi connectivity index (χ0) is 19.2. The van der Waals surface area contributed by atoms with Gasteiger partial charge in [0.25, 0.3) is 5.91 Å². The summed E-state index contributed by atoms with van der Waals surface area (Å²) >= 11 is 0. The van der Waals surface area contributed by atoms with Crippen LogP contribution in [-0.2, 0) is 9.59 Å². The third kappa shape index (κ3) is 2.66. The first-order chi connectivity index (χ1) is 12.9. The standard InChI is InChI=1S/C20H27N3O4/c1-14(24)23-12-16-19(5-6-20(16,13-23)18(26)21-2)7-9-22(10-8-19)17(25)15-4-3-11-27-15/h3-4,11,16H,5-10,12-13H2,1-2H3,(H,21,26)/t16-,20+/m1/s1. The van der Waals surface area contributed by atoms with E-state index in [0.717, 1.165) is 25.7 Å². The molecule has 3 heterocycles. The van der Waals surface area contributed by atoms with Crippen molar-refractivity contribution in [2.24, 2.45) is 16.7 Å². The zero-order valence-corrected chi connectivity index (χ0v) is 16.0. The first-order valence-corrected chi connectivity index (χ1v) is 9.72. The Kier molecular flexibility index (Phi) is 4.28. The summed E-state index contributed by atoms with van der Waals surface area (Å²) in [6.07, 6.45) is 5.05. The van der Waals surface area contributed by atoms with E-state index in [1.54, 1.807) is 26.1 Å². The van der Waals surface area contributed by atoms with Gasteiger partial charge in [-0.05, 0) is 49.1 Å². The van der Waals surface area contributed by atoms with Crippen LogP contribution in [0, 0.1) is 16.7 Å². The maximum absolute atomic E-state index is 12.8. The highest BCUT2D eigenvalue weighted by molar-refractivity contribution is 5.91. The molecule has 2 aliphatic heterocycles. The summed E-state index contributed by atoms with van der Waals surface area (Å²) in [5, 5.41) is 2.84. The molecule has 1 aromatic heterocycles. The van der Waals surface area contributed by atoms with Crippen molar-refractivity contribution < 1.29 is 18.8 Å². The molecule has 4 rings (SSSR count). The van der Waals surface area contributed by atoms with Crippen molar-refractivity contribution in [3.05, 3.63) is 24.2 Å². The molecule has 3 amide bonds. The highest BCUT2D eigenvalue weighted by atomic mass is 16.3. The largest absolute Gasteiger partial charge is 0.459 e. The van der Waals surface area contributed by atoms with Gasteiger partial charge in [-0.1, -0.05) is 0 Å². The molecular weight excluding hydrogens is 346 g/mol. The number of likely N-dealkylation sites (tertiary alicyclic amines) is 2. The molecule has 27 heavy (non-hydrogen) atoms. The molecule has 146 valence electrons. The number of furan rings is 1. The summed E-state index contributed by atoms with van der Waals surface area (Å²) in [5.41, 5.74) is -0.454. The van der Waals surface area contributed by atoms with Gasteiger partial charge in [0.15, 0.2) is 5.76 Å². The fourth-order valence-corrected chi connectivity index (χ4v) is 5.73. The van der Waals surface area contributed by atoms with E-state index in [2.05, 4.69) is 5.32 Å². The number of nitrogens with one attached hydrogen (secondary N) is 1. The molecule has 2 atom stereocenters. The van der Waals surface area contributed by atoms with Crippen molar-refractivity contribution in [2.45, 2.75) is 32.6 Å². The predicted molar refractivity (Wildman–Crippen MR) is 97.8 cm³/mol. The molecule has 1 spiro atoms. The van der Waals surface area contributed by atoms with Crippen molar-refractivity contribution in [1.82, 2.24) is 15.1 Å². The van der Waals surface area contributed by atoms with E-state index in [0.29, 0.717) is 31.9 Å². The molecule has 7 nitrogen and oxygen atoms in total. The van der Waals surface area contributed by atoms with Gasteiger partial charge in [-0.3, -0.25) is 14.4 Å². The minimum absolute atomic E-state index is 0.0245. The first-order valence-electron chi connectivity index (χ1n) is 9.72.